The maximum atomic E-state index is 11.9. The lowest BCUT2D eigenvalue weighted by Crippen LogP contribution is -2.37. The molecule has 1 rings (SSSR count). The second kappa shape index (κ2) is 8.02. The molecule has 0 radical (unpaired) electrons. The number of carbonyl (C=O) groups is 2. The van der Waals surface area contributed by atoms with E-state index >= 15 is 0 Å². The predicted molar refractivity (Wildman–Crippen MR) is 83.2 cm³/mol. The van der Waals surface area contributed by atoms with E-state index in [4.69, 9.17) is 9.84 Å². The van der Waals surface area contributed by atoms with Gasteiger partial charge in [0.15, 0.2) is 11.0 Å². The molecule has 0 saturated heterocycles. The van der Waals surface area contributed by atoms with Crippen LogP contribution in [0.1, 0.15) is 48.7 Å². The fourth-order valence-electron chi connectivity index (χ4n) is 1.71. The zero-order valence-electron chi connectivity index (χ0n) is 12.9. The molecule has 0 aromatic carbocycles. The van der Waals surface area contributed by atoms with Crippen molar-refractivity contribution in [2.24, 2.45) is 5.92 Å². The predicted octanol–water partition coefficient (Wildman–Crippen LogP) is 2.94. The zero-order chi connectivity index (χ0) is 16.0. The second-order valence-electron chi connectivity index (χ2n) is 5.30. The van der Waals surface area contributed by atoms with Gasteiger partial charge in [-0.3, -0.25) is 4.79 Å². The molecule has 0 fully saturated rings. The number of aromatic carboxylic acids is 1. The maximum absolute atomic E-state index is 11.9. The third-order valence-electron chi connectivity index (χ3n) is 2.99. The molecule has 1 atom stereocenters. The standard InChI is InChI=1S/C15H23NO4S/c1-5-11-8-12(13(21-11)15(18)19)20-10(4)14(17)16-7-6-9(2)3/h8-10H,5-7H2,1-4H3,(H,16,17)(H,18,19). The van der Waals surface area contributed by atoms with Gasteiger partial charge in [0.25, 0.3) is 5.91 Å². The van der Waals surface area contributed by atoms with Gasteiger partial charge in [-0.25, -0.2) is 4.79 Å². The number of aryl methyl sites for hydroxylation is 1. The fraction of sp³-hybridized carbons (Fsp3) is 0.600. The number of ether oxygens (including phenoxy) is 1. The first kappa shape index (κ1) is 17.5. The summed E-state index contributed by atoms with van der Waals surface area (Å²) in [6.45, 7) is 8.34. The van der Waals surface area contributed by atoms with Crippen LogP contribution in [0, 0.1) is 5.92 Å². The Morgan fingerprint density at radius 3 is 2.57 bits per heavy atom. The van der Waals surface area contributed by atoms with E-state index in [1.54, 1.807) is 13.0 Å². The van der Waals surface area contributed by atoms with Crippen molar-refractivity contribution in [3.8, 4) is 5.75 Å². The van der Waals surface area contributed by atoms with Crippen molar-refractivity contribution in [2.75, 3.05) is 6.54 Å². The van der Waals surface area contributed by atoms with Crippen molar-refractivity contribution < 1.29 is 19.4 Å². The quantitative estimate of drug-likeness (QED) is 0.773. The largest absolute Gasteiger partial charge is 0.479 e. The molecule has 0 aliphatic rings. The molecule has 118 valence electrons. The van der Waals surface area contributed by atoms with Gasteiger partial charge in [0, 0.05) is 11.4 Å². The van der Waals surface area contributed by atoms with Crippen molar-refractivity contribution in [3.05, 3.63) is 15.8 Å². The number of rotatable bonds is 8. The molecule has 0 aliphatic carbocycles. The Morgan fingerprint density at radius 1 is 1.38 bits per heavy atom. The first-order chi connectivity index (χ1) is 9.85. The summed E-state index contributed by atoms with van der Waals surface area (Å²) in [5, 5.41) is 12.0. The van der Waals surface area contributed by atoms with E-state index in [9.17, 15) is 9.59 Å². The molecule has 1 unspecified atom stereocenters. The fourth-order valence-corrected chi connectivity index (χ4v) is 2.57. The third kappa shape index (κ3) is 5.38. The zero-order valence-corrected chi connectivity index (χ0v) is 13.8. The molecule has 0 aliphatic heterocycles. The molecular formula is C15H23NO4S. The van der Waals surface area contributed by atoms with E-state index in [-0.39, 0.29) is 16.5 Å². The summed E-state index contributed by atoms with van der Waals surface area (Å²) >= 11 is 1.19. The van der Waals surface area contributed by atoms with Crippen LogP contribution in [0.25, 0.3) is 0 Å². The molecule has 2 N–H and O–H groups in total. The molecule has 1 amide bonds. The van der Waals surface area contributed by atoms with Crippen molar-refractivity contribution in [1.29, 1.82) is 0 Å². The number of carbonyl (C=O) groups excluding carboxylic acids is 1. The number of amides is 1. The van der Waals surface area contributed by atoms with Crippen LogP contribution in [0.3, 0.4) is 0 Å². The Balaban J connectivity index is 2.65. The summed E-state index contributed by atoms with van der Waals surface area (Å²) < 4.78 is 5.53. The minimum absolute atomic E-state index is 0.147. The van der Waals surface area contributed by atoms with E-state index in [0.717, 1.165) is 17.7 Å². The van der Waals surface area contributed by atoms with Crippen LogP contribution < -0.4 is 10.1 Å². The van der Waals surface area contributed by atoms with Crippen molar-refractivity contribution in [1.82, 2.24) is 5.32 Å². The van der Waals surface area contributed by atoms with Crippen LogP contribution in [0.15, 0.2) is 6.07 Å². The first-order valence-electron chi connectivity index (χ1n) is 7.15. The Hall–Kier alpha value is -1.56. The molecule has 0 bridgehead atoms. The monoisotopic (exact) mass is 313 g/mol. The third-order valence-corrected chi connectivity index (χ3v) is 4.23. The highest BCUT2D eigenvalue weighted by Gasteiger charge is 2.21. The topological polar surface area (TPSA) is 75.6 Å². The number of carboxylic acid groups (broad SMARTS) is 1. The van der Waals surface area contributed by atoms with Crippen LogP contribution in [-0.2, 0) is 11.2 Å². The molecule has 0 saturated carbocycles. The van der Waals surface area contributed by atoms with Gasteiger partial charge in [-0.2, -0.15) is 0 Å². The molecule has 1 heterocycles. The average Bonchev–Trinajstić information content (AvgIpc) is 2.81. The van der Waals surface area contributed by atoms with Gasteiger partial charge in [-0.1, -0.05) is 20.8 Å². The van der Waals surface area contributed by atoms with Crippen LogP contribution in [0.4, 0.5) is 0 Å². The van der Waals surface area contributed by atoms with E-state index < -0.39 is 12.1 Å². The van der Waals surface area contributed by atoms with E-state index in [2.05, 4.69) is 19.2 Å². The summed E-state index contributed by atoms with van der Waals surface area (Å²) in [6, 6.07) is 1.70. The SMILES string of the molecule is CCc1cc(OC(C)C(=O)NCCC(C)C)c(C(=O)O)s1. The Labute approximate surface area is 129 Å². The van der Waals surface area contributed by atoms with E-state index in [0.29, 0.717) is 12.5 Å². The van der Waals surface area contributed by atoms with Gasteiger partial charge in [-0.05, 0) is 31.7 Å². The highest BCUT2D eigenvalue weighted by Crippen LogP contribution is 2.30. The summed E-state index contributed by atoms with van der Waals surface area (Å²) in [4.78, 5) is 24.2. The summed E-state index contributed by atoms with van der Waals surface area (Å²) in [7, 11) is 0. The number of thiophene rings is 1. The van der Waals surface area contributed by atoms with Crippen molar-refractivity contribution in [2.45, 2.75) is 46.6 Å². The number of hydrogen-bond acceptors (Lipinski definition) is 4. The van der Waals surface area contributed by atoms with Gasteiger partial charge < -0.3 is 15.2 Å². The molecule has 6 heteroatoms. The van der Waals surface area contributed by atoms with E-state index in [1.807, 2.05) is 6.92 Å². The lowest BCUT2D eigenvalue weighted by atomic mass is 10.1. The van der Waals surface area contributed by atoms with Gasteiger partial charge in [0.1, 0.15) is 5.75 Å². The Kier molecular flexibility index (Phi) is 6.68. The molecule has 5 nitrogen and oxygen atoms in total. The minimum Gasteiger partial charge on any atom is -0.479 e. The van der Waals surface area contributed by atoms with Gasteiger partial charge in [0.05, 0.1) is 0 Å². The van der Waals surface area contributed by atoms with Gasteiger partial charge >= 0.3 is 5.97 Å². The number of carboxylic acids is 1. The van der Waals surface area contributed by atoms with E-state index in [1.165, 1.54) is 11.3 Å². The highest BCUT2D eigenvalue weighted by atomic mass is 32.1. The van der Waals surface area contributed by atoms with Crippen LogP contribution in [-0.4, -0.2) is 29.6 Å². The Bertz CT molecular complexity index is 496. The molecule has 1 aromatic rings. The molecular weight excluding hydrogens is 290 g/mol. The van der Waals surface area contributed by atoms with Crippen LogP contribution in [0.2, 0.25) is 0 Å². The molecule has 1 aromatic heterocycles. The first-order valence-corrected chi connectivity index (χ1v) is 7.97. The van der Waals surface area contributed by atoms with Gasteiger partial charge in [-0.15, -0.1) is 11.3 Å². The average molecular weight is 313 g/mol. The highest BCUT2D eigenvalue weighted by molar-refractivity contribution is 7.14. The molecule has 0 spiro atoms. The van der Waals surface area contributed by atoms with Gasteiger partial charge in [0.2, 0.25) is 0 Å². The summed E-state index contributed by atoms with van der Waals surface area (Å²) in [5.41, 5.74) is 0. The normalized spacial score (nSPS) is 12.2. The summed E-state index contributed by atoms with van der Waals surface area (Å²) in [5.74, 6) is -0.460. The minimum atomic E-state index is -1.03. The smallest absolute Gasteiger partial charge is 0.349 e. The lowest BCUT2D eigenvalue weighted by Gasteiger charge is -2.15. The van der Waals surface area contributed by atoms with Crippen molar-refractivity contribution in [3.63, 3.8) is 0 Å². The summed E-state index contributed by atoms with van der Waals surface area (Å²) in [6.07, 6.45) is 0.926. The second-order valence-corrected chi connectivity index (χ2v) is 6.44. The van der Waals surface area contributed by atoms with Crippen molar-refractivity contribution >= 4 is 23.2 Å². The van der Waals surface area contributed by atoms with Crippen LogP contribution >= 0.6 is 11.3 Å². The number of hydrogen-bond donors (Lipinski definition) is 2. The van der Waals surface area contributed by atoms with Crippen LogP contribution in [0.5, 0.6) is 5.75 Å². The molecule has 21 heavy (non-hydrogen) atoms. The number of nitrogens with one attached hydrogen (secondary N) is 1. The lowest BCUT2D eigenvalue weighted by molar-refractivity contribution is -0.127. The Morgan fingerprint density at radius 2 is 2.05 bits per heavy atom. The maximum Gasteiger partial charge on any atom is 0.349 e.